The van der Waals surface area contributed by atoms with Crippen molar-refractivity contribution in [3.05, 3.63) is 22.6 Å². The second kappa shape index (κ2) is 9.41. The van der Waals surface area contributed by atoms with E-state index in [1.165, 1.54) is 32.1 Å². The van der Waals surface area contributed by atoms with Crippen molar-refractivity contribution in [1.82, 2.24) is 10.2 Å². The summed E-state index contributed by atoms with van der Waals surface area (Å²) in [5.74, 6) is 1.92. The van der Waals surface area contributed by atoms with Gasteiger partial charge in [0.05, 0.1) is 6.04 Å². The number of halogens is 3. The molecule has 3 nitrogen and oxygen atoms in total. The largest absolute Gasteiger partial charge is 0.453 e. The minimum Gasteiger partial charge on any atom is -0.453 e. The third kappa shape index (κ3) is 4.87. The number of nitrogens with zero attached hydrogens (tertiary/aromatic N) is 1. The van der Waals surface area contributed by atoms with Crippen molar-refractivity contribution in [3.63, 3.8) is 0 Å². The lowest BCUT2D eigenvalue weighted by molar-refractivity contribution is 0.0863. The molecule has 3 rings (SSSR count). The topological polar surface area (TPSA) is 28.4 Å². The van der Waals surface area contributed by atoms with Crippen LogP contribution >= 0.6 is 40.7 Å². The first-order valence-electron chi connectivity index (χ1n) is 7.54. The van der Waals surface area contributed by atoms with Crippen LogP contribution in [-0.2, 0) is 0 Å². The SMILES string of the molecule is Brc1ccc([C@H](C2CCCCC2)N2CCNCC2)o1.Cl.Cl. The van der Waals surface area contributed by atoms with E-state index in [9.17, 15) is 0 Å². The smallest absolute Gasteiger partial charge is 0.169 e. The van der Waals surface area contributed by atoms with Crippen LogP contribution in [-0.4, -0.2) is 31.1 Å². The summed E-state index contributed by atoms with van der Waals surface area (Å²) in [4.78, 5) is 2.62. The molecule has 0 radical (unpaired) electrons. The van der Waals surface area contributed by atoms with Crippen molar-refractivity contribution >= 4 is 40.7 Å². The molecule has 21 heavy (non-hydrogen) atoms. The van der Waals surface area contributed by atoms with E-state index in [-0.39, 0.29) is 24.8 Å². The van der Waals surface area contributed by atoms with Crippen molar-refractivity contribution in [2.45, 2.75) is 38.1 Å². The lowest BCUT2D eigenvalue weighted by atomic mass is 9.82. The van der Waals surface area contributed by atoms with Gasteiger partial charge in [0, 0.05) is 26.2 Å². The first-order valence-corrected chi connectivity index (χ1v) is 8.34. The maximum absolute atomic E-state index is 5.91. The van der Waals surface area contributed by atoms with Crippen molar-refractivity contribution in [2.24, 2.45) is 5.92 Å². The summed E-state index contributed by atoms with van der Waals surface area (Å²) < 4.78 is 6.77. The highest BCUT2D eigenvalue weighted by Gasteiger charge is 2.32. The zero-order chi connectivity index (χ0) is 13.1. The lowest BCUT2D eigenvalue weighted by Gasteiger charge is -2.39. The maximum atomic E-state index is 5.91. The Kier molecular flexibility index (Phi) is 8.65. The van der Waals surface area contributed by atoms with Crippen molar-refractivity contribution < 1.29 is 4.42 Å². The Morgan fingerprint density at radius 1 is 1.10 bits per heavy atom. The van der Waals surface area contributed by atoms with Crippen LogP contribution in [0.1, 0.15) is 43.9 Å². The second-order valence-corrected chi connectivity index (χ2v) is 6.55. The summed E-state index contributed by atoms with van der Waals surface area (Å²) in [6, 6.07) is 4.67. The zero-order valence-electron chi connectivity index (χ0n) is 12.2. The van der Waals surface area contributed by atoms with Gasteiger partial charge in [-0.1, -0.05) is 19.3 Å². The van der Waals surface area contributed by atoms with Gasteiger partial charge in [0.15, 0.2) is 4.67 Å². The summed E-state index contributed by atoms with van der Waals surface area (Å²) in [5, 5.41) is 3.45. The maximum Gasteiger partial charge on any atom is 0.169 e. The van der Waals surface area contributed by atoms with Gasteiger partial charge in [0.2, 0.25) is 0 Å². The Balaban J connectivity index is 0.00000110. The Morgan fingerprint density at radius 3 is 2.33 bits per heavy atom. The van der Waals surface area contributed by atoms with Crippen molar-refractivity contribution in [3.8, 4) is 0 Å². The molecule has 0 amide bonds. The fourth-order valence-electron chi connectivity index (χ4n) is 3.61. The molecule has 122 valence electrons. The van der Waals surface area contributed by atoms with Crippen LogP contribution in [0.2, 0.25) is 0 Å². The quantitative estimate of drug-likeness (QED) is 0.815. The molecule has 1 saturated heterocycles. The molecule has 1 aliphatic heterocycles. The lowest BCUT2D eigenvalue weighted by Crippen LogP contribution is -2.47. The Hall–Kier alpha value is 0.260. The Labute approximate surface area is 148 Å². The number of furan rings is 1. The third-order valence-electron chi connectivity index (χ3n) is 4.53. The molecule has 1 aromatic rings. The Morgan fingerprint density at radius 2 is 1.76 bits per heavy atom. The highest BCUT2D eigenvalue weighted by molar-refractivity contribution is 9.10. The zero-order valence-corrected chi connectivity index (χ0v) is 15.4. The first-order chi connectivity index (χ1) is 9.34. The molecular weight excluding hydrogens is 375 g/mol. The first kappa shape index (κ1) is 19.3. The molecule has 1 aliphatic carbocycles. The molecule has 2 aliphatic rings. The van der Waals surface area contributed by atoms with Crippen LogP contribution in [0.4, 0.5) is 0 Å². The van der Waals surface area contributed by atoms with Gasteiger partial charge in [-0.25, -0.2) is 0 Å². The molecule has 2 fully saturated rings. The van der Waals surface area contributed by atoms with Crippen molar-refractivity contribution in [2.75, 3.05) is 26.2 Å². The predicted octanol–water partition coefficient (Wildman–Crippen LogP) is 4.41. The van der Waals surface area contributed by atoms with Crippen LogP contribution in [0, 0.1) is 5.92 Å². The average Bonchev–Trinajstić information content (AvgIpc) is 2.88. The molecular formula is C15H25BrCl2N2O. The second-order valence-electron chi connectivity index (χ2n) is 5.77. The number of hydrogen-bond donors (Lipinski definition) is 1. The molecule has 0 spiro atoms. The van der Waals surface area contributed by atoms with Gasteiger partial charge in [-0.15, -0.1) is 24.8 Å². The van der Waals surface area contributed by atoms with E-state index >= 15 is 0 Å². The van der Waals surface area contributed by atoms with Gasteiger partial charge in [0.1, 0.15) is 5.76 Å². The molecule has 1 N–H and O–H groups in total. The van der Waals surface area contributed by atoms with Gasteiger partial charge in [-0.05, 0) is 46.8 Å². The van der Waals surface area contributed by atoms with Gasteiger partial charge < -0.3 is 9.73 Å². The fourth-order valence-corrected chi connectivity index (χ4v) is 3.93. The van der Waals surface area contributed by atoms with E-state index in [4.69, 9.17) is 4.42 Å². The van der Waals surface area contributed by atoms with Crippen LogP contribution in [0.3, 0.4) is 0 Å². The molecule has 0 aromatic carbocycles. The highest BCUT2D eigenvalue weighted by atomic mass is 79.9. The van der Waals surface area contributed by atoms with E-state index in [1.54, 1.807) is 0 Å². The van der Waals surface area contributed by atoms with Gasteiger partial charge in [-0.2, -0.15) is 0 Å². The minimum atomic E-state index is 0. The molecule has 0 bridgehead atoms. The van der Waals surface area contributed by atoms with Crippen LogP contribution in [0.25, 0.3) is 0 Å². The molecule has 0 unspecified atom stereocenters. The van der Waals surface area contributed by atoms with E-state index in [0.29, 0.717) is 6.04 Å². The summed E-state index contributed by atoms with van der Waals surface area (Å²) in [7, 11) is 0. The number of piperazine rings is 1. The predicted molar refractivity (Wildman–Crippen MR) is 94.7 cm³/mol. The monoisotopic (exact) mass is 398 g/mol. The van der Waals surface area contributed by atoms with Gasteiger partial charge >= 0.3 is 0 Å². The number of hydrogen-bond acceptors (Lipinski definition) is 3. The molecule has 6 heteroatoms. The van der Waals surface area contributed by atoms with Gasteiger partial charge in [0.25, 0.3) is 0 Å². The summed E-state index contributed by atoms with van der Waals surface area (Å²) >= 11 is 3.45. The normalized spacial score (nSPS) is 22.1. The summed E-state index contributed by atoms with van der Waals surface area (Å²) in [5.41, 5.74) is 0. The summed E-state index contributed by atoms with van der Waals surface area (Å²) in [6.45, 7) is 4.48. The van der Waals surface area contributed by atoms with E-state index in [2.05, 4.69) is 32.2 Å². The molecule has 1 aromatic heterocycles. The molecule has 2 heterocycles. The molecule has 1 saturated carbocycles. The van der Waals surface area contributed by atoms with E-state index < -0.39 is 0 Å². The van der Waals surface area contributed by atoms with E-state index in [0.717, 1.165) is 42.5 Å². The molecule has 1 atom stereocenters. The van der Waals surface area contributed by atoms with E-state index in [1.807, 2.05) is 6.07 Å². The average molecular weight is 400 g/mol. The Bertz CT molecular complexity index is 386. The van der Waals surface area contributed by atoms with Crippen LogP contribution in [0.5, 0.6) is 0 Å². The summed E-state index contributed by atoms with van der Waals surface area (Å²) in [6.07, 6.45) is 6.89. The van der Waals surface area contributed by atoms with Gasteiger partial charge in [-0.3, -0.25) is 4.90 Å². The highest BCUT2D eigenvalue weighted by Crippen LogP contribution is 2.39. The number of rotatable bonds is 3. The van der Waals surface area contributed by atoms with Crippen LogP contribution in [0.15, 0.2) is 21.2 Å². The van der Waals surface area contributed by atoms with Crippen molar-refractivity contribution in [1.29, 1.82) is 0 Å². The van der Waals surface area contributed by atoms with Crippen LogP contribution < -0.4 is 5.32 Å². The standard InChI is InChI=1S/C15H23BrN2O.2ClH/c16-14-7-6-13(19-14)15(12-4-2-1-3-5-12)18-10-8-17-9-11-18;;/h6-7,12,15,17H,1-5,8-11H2;2*1H/t15-;;/m0../s1. The minimum absolute atomic E-state index is 0. The fraction of sp³-hybridized carbons (Fsp3) is 0.733. The number of nitrogens with one attached hydrogen (secondary N) is 1. The third-order valence-corrected chi connectivity index (χ3v) is 4.95.